The van der Waals surface area contributed by atoms with Crippen molar-refractivity contribution in [2.75, 3.05) is 26.2 Å². The highest BCUT2D eigenvalue weighted by molar-refractivity contribution is 4.91. The van der Waals surface area contributed by atoms with Crippen molar-refractivity contribution in [2.45, 2.75) is 45.6 Å². The zero-order valence-electron chi connectivity index (χ0n) is 10.3. The molecule has 2 aliphatic heterocycles. The second-order valence-corrected chi connectivity index (χ2v) is 5.58. The maximum atomic E-state index is 3.67. The first kappa shape index (κ1) is 11.4. The van der Waals surface area contributed by atoms with E-state index in [-0.39, 0.29) is 0 Å². The van der Waals surface area contributed by atoms with Gasteiger partial charge in [0.2, 0.25) is 0 Å². The normalized spacial score (nSPS) is 34.0. The summed E-state index contributed by atoms with van der Waals surface area (Å²) in [5.41, 5.74) is 0. The maximum Gasteiger partial charge on any atom is 0.0235 e. The molecular weight excluding hydrogens is 184 g/mol. The van der Waals surface area contributed by atoms with Gasteiger partial charge in [-0.05, 0) is 37.6 Å². The van der Waals surface area contributed by atoms with E-state index in [1.54, 1.807) is 0 Å². The van der Waals surface area contributed by atoms with Gasteiger partial charge < -0.3 is 10.2 Å². The Morgan fingerprint density at radius 2 is 2.27 bits per heavy atom. The largest absolute Gasteiger partial charge is 0.312 e. The first-order valence-electron chi connectivity index (χ1n) is 6.75. The zero-order valence-corrected chi connectivity index (χ0v) is 10.3. The molecule has 0 aliphatic carbocycles. The van der Waals surface area contributed by atoms with Crippen LogP contribution in [0.25, 0.3) is 0 Å². The second kappa shape index (κ2) is 5.31. The van der Waals surface area contributed by atoms with Crippen molar-refractivity contribution < 1.29 is 0 Å². The van der Waals surface area contributed by atoms with E-state index in [2.05, 4.69) is 24.1 Å². The van der Waals surface area contributed by atoms with Crippen LogP contribution in [0.4, 0.5) is 0 Å². The van der Waals surface area contributed by atoms with E-state index in [1.807, 2.05) is 0 Å². The highest BCUT2D eigenvalue weighted by atomic mass is 15.2. The number of nitrogens with zero attached hydrogens (tertiary/aromatic N) is 1. The van der Waals surface area contributed by atoms with Gasteiger partial charge in [0.1, 0.15) is 0 Å². The van der Waals surface area contributed by atoms with E-state index in [0.717, 1.165) is 17.9 Å². The molecule has 88 valence electrons. The summed E-state index contributed by atoms with van der Waals surface area (Å²) in [5.74, 6) is 1.84. The topological polar surface area (TPSA) is 15.3 Å². The molecule has 0 bridgehead atoms. The van der Waals surface area contributed by atoms with Gasteiger partial charge in [0.25, 0.3) is 0 Å². The van der Waals surface area contributed by atoms with Crippen molar-refractivity contribution in [3.05, 3.63) is 0 Å². The third-order valence-corrected chi connectivity index (χ3v) is 4.03. The number of hydrogen-bond donors (Lipinski definition) is 1. The van der Waals surface area contributed by atoms with Crippen LogP contribution in [0.5, 0.6) is 0 Å². The van der Waals surface area contributed by atoms with E-state index >= 15 is 0 Å². The first-order valence-corrected chi connectivity index (χ1v) is 6.75. The van der Waals surface area contributed by atoms with Crippen LogP contribution >= 0.6 is 0 Å². The van der Waals surface area contributed by atoms with Crippen LogP contribution in [0.1, 0.15) is 39.5 Å². The smallest absolute Gasteiger partial charge is 0.0235 e. The Hall–Kier alpha value is -0.0800. The average molecular weight is 210 g/mol. The van der Waals surface area contributed by atoms with Crippen LogP contribution in [0.3, 0.4) is 0 Å². The van der Waals surface area contributed by atoms with Gasteiger partial charge in [0.05, 0.1) is 0 Å². The summed E-state index contributed by atoms with van der Waals surface area (Å²) in [4.78, 5) is 2.69. The molecule has 2 heterocycles. The minimum absolute atomic E-state index is 0.813. The quantitative estimate of drug-likeness (QED) is 0.764. The van der Waals surface area contributed by atoms with E-state index in [0.29, 0.717) is 0 Å². The summed E-state index contributed by atoms with van der Waals surface area (Å²) in [6, 6.07) is 0.813. The molecule has 1 unspecified atom stereocenters. The molecule has 2 rings (SSSR count). The van der Waals surface area contributed by atoms with Gasteiger partial charge in [-0.25, -0.2) is 0 Å². The lowest BCUT2D eigenvalue weighted by Gasteiger charge is -2.24. The standard InChI is InChI=1S/C13H26N2/c1-3-5-11(2)8-15-9-12-6-4-7-14-13(12)10-15/h11-14H,3-10H2,1-2H3/t11?,12-,13+/m0/s1. The van der Waals surface area contributed by atoms with Crippen molar-refractivity contribution in [3.8, 4) is 0 Å². The number of fused-ring (bicyclic) bond motifs is 1. The van der Waals surface area contributed by atoms with E-state index < -0.39 is 0 Å². The summed E-state index contributed by atoms with van der Waals surface area (Å²) in [7, 11) is 0. The minimum Gasteiger partial charge on any atom is -0.312 e. The second-order valence-electron chi connectivity index (χ2n) is 5.58. The van der Waals surface area contributed by atoms with Crippen molar-refractivity contribution in [1.82, 2.24) is 10.2 Å². The van der Waals surface area contributed by atoms with E-state index in [9.17, 15) is 0 Å². The predicted octanol–water partition coefficient (Wildman–Crippen LogP) is 2.11. The molecule has 1 N–H and O–H groups in total. The molecule has 0 spiro atoms. The van der Waals surface area contributed by atoms with Crippen LogP contribution in [-0.4, -0.2) is 37.1 Å². The van der Waals surface area contributed by atoms with Crippen molar-refractivity contribution >= 4 is 0 Å². The molecule has 15 heavy (non-hydrogen) atoms. The predicted molar refractivity (Wildman–Crippen MR) is 65.0 cm³/mol. The SMILES string of the molecule is CCCC(C)CN1C[C@@H]2CCCN[C@@H]2C1. The Balaban J connectivity index is 1.76. The lowest BCUT2D eigenvalue weighted by molar-refractivity contribution is 0.268. The van der Waals surface area contributed by atoms with Gasteiger partial charge in [0, 0.05) is 25.7 Å². The Morgan fingerprint density at radius 3 is 3.00 bits per heavy atom. The first-order chi connectivity index (χ1) is 7.29. The fraction of sp³-hybridized carbons (Fsp3) is 1.00. The van der Waals surface area contributed by atoms with Crippen molar-refractivity contribution in [3.63, 3.8) is 0 Å². The van der Waals surface area contributed by atoms with Crippen LogP contribution in [0, 0.1) is 11.8 Å². The van der Waals surface area contributed by atoms with Crippen molar-refractivity contribution in [1.29, 1.82) is 0 Å². The van der Waals surface area contributed by atoms with Gasteiger partial charge in [-0.3, -0.25) is 0 Å². The highest BCUT2D eigenvalue weighted by Crippen LogP contribution is 2.25. The molecule has 2 saturated heterocycles. The Bertz CT molecular complexity index is 179. The minimum atomic E-state index is 0.813. The molecule has 3 atom stereocenters. The van der Waals surface area contributed by atoms with Gasteiger partial charge in [-0.15, -0.1) is 0 Å². The van der Waals surface area contributed by atoms with Gasteiger partial charge in [-0.1, -0.05) is 20.3 Å². The Kier molecular flexibility index (Phi) is 4.04. The lowest BCUT2D eigenvalue weighted by atomic mass is 9.94. The molecule has 0 radical (unpaired) electrons. The molecule has 0 aromatic heterocycles. The summed E-state index contributed by atoms with van der Waals surface area (Å²) in [6.07, 6.45) is 5.56. The number of likely N-dealkylation sites (tertiary alicyclic amines) is 1. The third kappa shape index (κ3) is 2.94. The summed E-state index contributed by atoms with van der Waals surface area (Å²) >= 11 is 0. The molecule has 0 amide bonds. The Morgan fingerprint density at radius 1 is 1.40 bits per heavy atom. The van der Waals surface area contributed by atoms with Crippen LogP contribution in [0.15, 0.2) is 0 Å². The number of hydrogen-bond acceptors (Lipinski definition) is 2. The molecular formula is C13H26N2. The fourth-order valence-electron chi connectivity index (χ4n) is 3.31. The summed E-state index contributed by atoms with van der Waals surface area (Å²) in [5, 5.41) is 3.67. The molecule has 2 aliphatic rings. The van der Waals surface area contributed by atoms with Crippen LogP contribution in [-0.2, 0) is 0 Å². The van der Waals surface area contributed by atoms with Gasteiger partial charge in [-0.2, -0.15) is 0 Å². The maximum absolute atomic E-state index is 3.67. The van der Waals surface area contributed by atoms with Crippen LogP contribution < -0.4 is 5.32 Å². The molecule has 0 aromatic rings. The van der Waals surface area contributed by atoms with Gasteiger partial charge in [0.15, 0.2) is 0 Å². The molecule has 0 saturated carbocycles. The number of rotatable bonds is 4. The van der Waals surface area contributed by atoms with Crippen molar-refractivity contribution in [2.24, 2.45) is 11.8 Å². The molecule has 2 heteroatoms. The van der Waals surface area contributed by atoms with Crippen LogP contribution in [0.2, 0.25) is 0 Å². The highest BCUT2D eigenvalue weighted by Gasteiger charge is 2.34. The molecule has 2 fully saturated rings. The fourth-order valence-corrected chi connectivity index (χ4v) is 3.31. The average Bonchev–Trinajstić information content (AvgIpc) is 2.59. The Labute approximate surface area is 94.4 Å². The van der Waals surface area contributed by atoms with Gasteiger partial charge >= 0.3 is 0 Å². The van der Waals surface area contributed by atoms with E-state index in [1.165, 1.54) is 51.9 Å². The number of piperidine rings is 1. The third-order valence-electron chi connectivity index (χ3n) is 4.03. The summed E-state index contributed by atoms with van der Waals surface area (Å²) < 4.78 is 0. The molecule has 0 aromatic carbocycles. The summed E-state index contributed by atoms with van der Waals surface area (Å²) in [6.45, 7) is 9.92. The monoisotopic (exact) mass is 210 g/mol. The number of nitrogens with one attached hydrogen (secondary N) is 1. The molecule has 2 nitrogen and oxygen atoms in total. The lowest BCUT2D eigenvalue weighted by Crippen LogP contribution is -2.40. The zero-order chi connectivity index (χ0) is 10.7. The van der Waals surface area contributed by atoms with E-state index in [4.69, 9.17) is 0 Å².